The van der Waals surface area contributed by atoms with Gasteiger partial charge in [-0.05, 0) is 18.2 Å². The van der Waals surface area contributed by atoms with Crippen LogP contribution < -0.4 is 4.80 Å². The molecule has 6 nitrogen and oxygen atoms in total. The van der Waals surface area contributed by atoms with Crippen LogP contribution >= 0.6 is 11.3 Å². The van der Waals surface area contributed by atoms with Crippen molar-refractivity contribution in [2.75, 3.05) is 0 Å². The van der Waals surface area contributed by atoms with Gasteiger partial charge in [-0.3, -0.25) is 14.9 Å². The van der Waals surface area contributed by atoms with E-state index in [1.807, 2.05) is 0 Å². The smallest absolute Gasteiger partial charge is 0.285 e. The molecule has 0 aliphatic rings. The van der Waals surface area contributed by atoms with Gasteiger partial charge in [0.15, 0.2) is 4.80 Å². The summed E-state index contributed by atoms with van der Waals surface area (Å²) in [4.78, 5) is 26.7. The van der Waals surface area contributed by atoms with Crippen molar-refractivity contribution in [3.05, 3.63) is 81.2 Å². The molecule has 0 N–H and O–H groups in total. The predicted molar refractivity (Wildman–Crippen MR) is 92.9 cm³/mol. The fourth-order valence-electron chi connectivity index (χ4n) is 2.41. The normalized spacial score (nSPS) is 11.7. The number of non-ortho nitro benzene ring substituents is 1. The molecule has 26 heavy (non-hydrogen) atoms. The summed E-state index contributed by atoms with van der Waals surface area (Å²) in [5.41, 5.74) is -0.392. The molecule has 0 aliphatic heterocycles. The number of aromatic nitrogens is 1. The van der Waals surface area contributed by atoms with Gasteiger partial charge in [-0.2, -0.15) is 4.99 Å². The van der Waals surface area contributed by atoms with Crippen LogP contribution in [0, 0.1) is 21.7 Å². The van der Waals surface area contributed by atoms with Gasteiger partial charge in [0.2, 0.25) is 0 Å². The molecule has 2 aromatic carbocycles. The van der Waals surface area contributed by atoms with Gasteiger partial charge in [0, 0.05) is 18.7 Å². The Balaban J connectivity index is 2.22. The van der Waals surface area contributed by atoms with Crippen LogP contribution in [-0.2, 0) is 6.54 Å². The maximum Gasteiger partial charge on any atom is 0.285 e. The van der Waals surface area contributed by atoms with Gasteiger partial charge in [-0.15, -0.1) is 6.58 Å². The highest BCUT2D eigenvalue weighted by molar-refractivity contribution is 7.16. The summed E-state index contributed by atoms with van der Waals surface area (Å²) in [5, 5.41) is 11.0. The van der Waals surface area contributed by atoms with Crippen molar-refractivity contribution < 1.29 is 18.5 Å². The number of fused-ring (bicyclic) bond motifs is 1. The van der Waals surface area contributed by atoms with E-state index in [1.54, 1.807) is 0 Å². The van der Waals surface area contributed by atoms with Gasteiger partial charge in [-0.1, -0.05) is 23.5 Å². The monoisotopic (exact) mass is 375 g/mol. The Morgan fingerprint density at radius 2 is 2.00 bits per heavy atom. The summed E-state index contributed by atoms with van der Waals surface area (Å²) in [5.74, 6) is -3.09. The molecular weight excluding hydrogens is 364 g/mol. The number of benzene rings is 2. The van der Waals surface area contributed by atoms with Gasteiger partial charge in [0.1, 0.15) is 17.2 Å². The highest BCUT2D eigenvalue weighted by Gasteiger charge is 2.18. The minimum atomic E-state index is -1.07. The molecule has 0 spiro atoms. The van der Waals surface area contributed by atoms with E-state index in [4.69, 9.17) is 0 Å². The van der Waals surface area contributed by atoms with Crippen molar-refractivity contribution in [2.45, 2.75) is 6.54 Å². The number of nitro benzene ring substituents is 1. The number of rotatable bonds is 4. The summed E-state index contributed by atoms with van der Waals surface area (Å²) in [6.45, 7) is 3.83. The second-order valence-electron chi connectivity index (χ2n) is 5.21. The Hall–Kier alpha value is -3.20. The van der Waals surface area contributed by atoms with Crippen LogP contribution in [0.1, 0.15) is 10.4 Å². The highest BCUT2D eigenvalue weighted by atomic mass is 32.1. The number of thiazole rings is 1. The van der Waals surface area contributed by atoms with E-state index in [1.165, 1.54) is 28.8 Å². The second-order valence-corrected chi connectivity index (χ2v) is 6.22. The topological polar surface area (TPSA) is 77.5 Å². The Morgan fingerprint density at radius 1 is 1.31 bits per heavy atom. The molecule has 0 saturated heterocycles. The molecule has 0 unspecified atom stereocenters. The largest absolute Gasteiger partial charge is 0.312 e. The third-order valence-electron chi connectivity index (χ3n) is 3.56. The molecule has 132 valence electrons. The zero-order valence-electron chi connectivity index (χ0n) is 13.2. The van der Waals surface area contributed by atoms with Crippen LogP contribution in [0.2, 0.25) is 0 Å². The summed E-state index contributed by atoms with van der Waals surface area (Å²) in [7, 11) is 0. The number of nitrogens with zero attached hydrogens (tertiary/aromatic N) is 3. The maximum absolute atomic E-state index is 13.8. The summed E-state index contributed by atoms with van der Waals surface area (Å²) >= 11 is 1.08. The molecule has 3 aromatic rings. The van der Waals surface area contributed by atoms with Crippen LogP contribution in [0.15, 0.2) is 54.0 Å². The fraction of sp³-hybridized carbons (Fsp3) is 0.0588. The Labute approximate surface area is 149 Å². The number of allylic oxidation sites excluding steroid dienone is 1. The van der Waals surface area contributed by atoms with Crippen molar-refractivity contribution in [3.63, 3.8) is 0 Å². The van der Waals surface area contributed by atoms with Gasteiger partial charge in [-0.25, -0.2) is 8.78 Å². The average molecular weight is 375 g/mol. The lowest BCUT2D eigenvalue weighted by Gasteiger charge is -2.02. The molecule has 0 radical (unpaired) electrons. The number of carbonyl (C=O) groups excluding carboxylic acids is 1. The molecular formula is C17H11F2N3O3S. The third-order valence-corrected chi connectivity index (χ3v) is 4.62. The van der Waals surface area contributed by atoms with Crippen molar-refractivity contribution in [1.29, 1.82) is 0 Å². The maximum atomic E-state index is 13.8. The Bertz CT molecular complexity index is 1100. The highest BCUT2D eigenvalue weighted by Crippen LogP contribution is 2.23. The summed E-state index contributed by atoms with van der Waals surface area (Å²) in [6.07, 6.45) is 1.53. The lowest BCUT2D eigenvalue weighted by atomic mass is 10.2. The van der Waals surface area contributed by atoms with E-state index in [2.05, 4.69) is 11.6 Å². The number of hydrogen-bond acceptors (Lipinski definition) is 4. The lowest BCUT2D eigenvalue weighted by Crippen LogP contribution is -2.17. The van der Waals surface area contributed by atoms with Crippen molar-refractivity contribution in [1.82, 2.24) is 4.57 Å². The Morgan fingerprint density at radius 3 is 2.62 bits per heavy atom. The van der Waals surface area contributed by atoms with Crippen LogP contribution in [0.5, 0.6) is 0 Å². The van der Waals surface area contributed by atoms with E-state index >= 15 is 0 Å². The second kappa shape index (κ2) is 6.96. The number of hydrogen-bond donors (Lipinski definition) is 0. The molecule has 1 heterocycles. The molecule has 0 atom stereocenters. The number of nitro groups is 1. The van der Waals surface area contributed by atoms with Crippen LogP contribution in [0.4, 0.5) is 14.5 Å². The summed E-state index contributed by atoms with van der Waals surface area (Å²) < 4.78 is 29.7. The van der Waals surface area contributed by atoms with E-state index in [-0.39, 0.29) is 17.0 Å². The molecule has 9 heteroatoms. The van der Waals surface area contributed by atoms with E-state index < -0.39 is 28.0 Å². The zero-order chi connectivity index (χ0) is 18.8. The fourth-order valence-corrected chi connectivity index (χ4v) is 3.42. The van der Waals surface area contributed by atoms with E-state index in [0.717, 1.165) is 29.5 Å². The van der Waals surface area contributed by atoms with Crippen LogP contribution in [0.3, 0.4) is 0 Å². The molecule has 0 saturated carbocycles. The van der Waals surface area contributed by atoms with Crippen molar-refractivity contribution >= 4 is 33.1 Å². The molecule has 0 aliphatic carbocycles. The molecule has 1 aromatic heterocycles. The first-order chi connectivity index (χ1) is 12.4. The first-order valence-corrected chi connectivity index (χ1v) is 8.15. The SMILES string of the molecule is C=CCn1c(=NC(=O)c2c(F)cccc2F)sc2ccc([N+](=O)[O-])cc21. The molecule has 0 bridgehead atoms. The quantitative estimate of drug-likeness (QED) is 0.395. The standard InChI is InChI=1S/C17H11F2N3O3S/c1-2-8-21-13-9-10(22(24)25)6-7-14(13)26-17(21)20-16(23)15-11(18)4-3-5-12(15)19/h2-7,9H,1,8H2. The summed E-state index contributed by atoms with van der Waals surface area (Å²) in [6, 6.07) is 7.31. The number of carbonyl (C=O) groups is 1. The number of amides is 1. The Kier molecular flexibility index (Phi) is 4.72. The predicted octanol–water partition coefficient (Wildman–Crippen LogP) is 3.82. The van der Waals surface area contributed by atoms with Crippen LogP contribution in [-0.4, -0.2) is 15.4 Å². The van der Waals surface area contributed by atoms with Crippen molar-refractivity contribution in [3.8, 4) is 0 Å². The van der Waals surface area contributed by atoms with Gasteiger partial charge in [0.25, 0.3) is 11.6 Å². The minimum Gasteiger partial charge on any atom is -0.312 e. The molecule has 1 amide bonds. The average Bonchev–Trinajstić information content (AvgIpc) is 2.91. The zero-order valence-corrected chi connectivity index (χ0v) is 14.0. The van der Waals surface area contributed by atoms with E-state index in [9.17, 15) is 23.7 Å². The minimum absolute atomic E-state index is 0.119. The first-order valence-electron chi connectivity index (χ1n) is 7.34. The number of halogens is 2. The third kappa shape index (κ3) is 3.16. The van der Waals surface area contributed by atoms with Gasteiger partial charge in [0.05, 0.1) is 15.1 Å². The van der Waals surface area contributed by atoms with Crippen molar-refractivity contribution in [2.24, 2.45) is 4.99 Å². The van der Waals surface area contributed by atoms with Crippen LogP contribution in [0.25, 0.3) is 10.2 Å². The molecule has 3 rings (SSSR count). The van der Waals surface area contributed by atoms with E-state index in [0.29, 0.717) is 10.2 Å². The first kappa shape index (κ1) is 17.6. The van der Waals surface area contributed by atoms with Gasteiger partial charge >= 0.3 is 0 Å². The lowest BCUT2D eigenvalue weighted by molar-refractivity contribution is -0.384. The van der Waals surface area contributed by atoms with Gasteiger partial charge < -0.3 is 4.57 Å². The molecule has 0 fully saturated rings.